The van der Waals surface area contributed by atoms with Gasteiger partial charge in [0.1, 0.15) is 0 Å². The Labute approximate surface area is 180 Å². The smallest absolute Gasteiger partial charge is 0.262 e. The maximum Gasteiger partial charge on any atom is 0.262 e. The Morgan fingerprint density at radius 1 is 1.03 bits per heavy atom. The van der Waals surface area contributed by atoms with E-state index in [4.69, 9.17) is 14.2 Å². The number of carbonyl (C=O) groups excluding carboxylic acids is 1. The Hall–Kier alpha value is -3.65. The van der Waals surface area contributed by atoms with Crippen LogP contribution in [0.5, 0.6) is 11.5 Å². The molecule has 8 nitrogen and oxygen atoms in total. The lowest BCUT2D eigenvalue weighted by Crippen LogP contribution is -2.36. The summed E-state index contributed by atoms with van der Waals surface area (Å²) in [5.41, 5.74) is 2.26. The Bertz CT molecular complexity index is 1020. The van der Waals surface area contributed by atoms with Gasteiger partial charge in [-0.25, -0.2) is 0 Å². The molecule has 0 aliphatic carbocycles. The Balaban J connectivity index is 1.38. The number of hydrogen-bond acceptors (Lipinski definition) is 7. The number of nitrogens with one attached hydrogen (secondary N) is 1. The molecular formula is C23H24N4O4. The molecule has 0 bridgehead atoms. The molecule has 0 unspecified atom stereocenters. The summed E-state index contributed by atoms with van der Waals surface area (Å²) in [6.45, 7) is 2.90. The standard InChI is InChI=1S/C23H24N4O4/c1-29-20-7-2-3-8-21(20)31-16-23(28)24-18-6-4-5-17(15-18)19-9-10-22(26-25-19)27-11-13-30-14-12-27/h2-10,15H,11-14,16H2,1H3,(H,24,28). The van der Waals surface area contributed by atoms with E-state index in [1.54, 1.807) is 19.2 Å². The van der Waals surface area contributed by atoms with E-state index in [0.717, 1.165) is 30.2 Å². The van der Waals surface area contributed by atoms with Gasteiger partial charge in [-0.2, -0.15) is 0 Å². The van der Waals surface area contributed by atoms with Crippen LogP contribution in [0.2, 0.25) is 0 Å². The minimum absolute atomic E-state index is 0.126. The van der Waals surface area contributed by atoms with Crippen LogP contribution in [-0.4, -0.2) is 56.1 Å². The first-order valence-corrected chi connectivity index (χ1v) is 10.1. The highest BCUT2D eigenvalue weighted by Gasteiger charge is 2.13. The second-order valence-corrected chi connectivity index (χ2v) is 6.94. The van der Waals surface area contributed by atoms with Crippen LogP contribution in [0.1, 0.15) is 0 Å². The van der Waals surface area contributed by atoms with Crippen molar-refractivity contribution in [2.24, 2.45) is 0 Å². The number of rotatable bonds is 7. The van der Waals surface area contributed by atoms with Crippen molar-refractivity contribution in [3.63, 3.8) is 0 Å². The van der Waals surface area contributed by atoms with E-state index in [9.17, 15) is 4.79 Å². The number of aromatic nitrogens is 2. The average molecular weight is 420 g/mol. The number of morpholine rings is 1. The fraction of sp³-hybridized carbons (Fsp3) is 0.261. The summed E-state index contributed by atoms with van der Waals surface area (Å²) in [5.74, 6) is 1.67. The van der Waals surface area contributed by atoms with Crippen molar-refractivity contribution >= 4 is 17.4 Å². The normalized spacial score (nSPS) is 13.5. The molecule has 8 heteroatoms. The van der Waals surface area contributed by atoms with E-state index >= 15 is 0 Å². The topological polar surface area (TPSA) is 85.8 Å². The summed E-state index contributed by atoms with van der Waals surface area (Å²) < 4.78 is 16.2. The third kappa shape index (κ3) is 5.29. The van der Waals surface area contributed by atoms with Crippen molar-refractivity contribution < 1.29 is 19.0 Å². The molecule has 1 fully saturated rings. The first-order valence-electron chi connectivity index (χ1n) is 10.1. The van der Waals surface area contributed by atoms with E-state index in [1.807, 2.05) is 48.5 Å². The van der Waals surface area contributed by atoms with Crippen molar-refractivity contribution in [3.05, 3.63) is 60.7 Å². The van der Waals surface area contributed by atoms with Gasteiger partial charge in [-0.15, -0.1) is 10.2 Å². The number of amides is 1. The third-order valence-electron chi connectivity index (χ3n) is 4.86. The zero-order valence-electron chi connectivity index (χ0n) is 17.3. The first kappa shape index (κ1) is 20.6. The summed E-state index contributed by atoms with van der Waals surface area (Å²) in [7, 11) is 1.56. The highest BCUT2D eigenvalue weighted by atomic mass is 16.5. The van der Waals surface area contributed by atoms with Crippen molar-refractivity contribution in [3.8, 4) is 22.8 Å². The van der Waals surface area contributed by atoms with Crippen LogP contribution in [0.15, 0.2) is 60.7 Å². The molecule has 2 aromatic carbocycles. The highest BCUT2D eigenvalue weighted by molar-refractivity contribution is 5.92. The molecule has 0 saturated carbocycles. The van der Waals surface area contributed by atoms with Gasteiger partial charge in [0, 0.05) is 24.3 Å². The van der Waals surface area contributed by atoms with Crippen LogP contribution >= 0.6 is 0 Å². The van der Waals surface area contributed by atoms with E-state index < -0.39 is 0 Å². The van der Waals surface area contributed by atoms with Gasteiger partial charge in [0.25, 0.3) is 5.91 Å². The molecule has 0 radical (unpaired) electrons. The molecule has 1 aliphatic rings. The van der Waals surface area contributed by atoms with Crippen LogP contribution in [-0.2, 0) is 9.53 Å². The number of benzene rings is 2. The fourth-order valence-electron chi connectivity index (χ4n) is 3.27. The number of anilines is 2. The van der Waals surface area contributed by atoms with Crippen molar-refractivity contribution in [2.75, 3.05) is 50.2 Å². The molecule has 1 aliphatic heterocycles. The zero-order chi connectivity index (χ0) is 21.5. The molecule has 2 heterocycles. The quantitative estimate of drug-likeness (QED) is 0.629. The van der Waals surface area contributed by atoms with Gasteiger partial charge < -0.3 is 24.4 Å². The molecular weight excluding hydrogens is 396 g/mol. The lowest BCUT2D eigenvalue weighted by Gasteiger charge is -2.27. The maximum absolute atomic E-state index is 12.3. The predicted octanol–water partition coefficient (Wildman–Crippen LogP) is 3.01. The molecule has 31 heavy (non-hydrogen) atoms. The number of ether oxygens (including phenoxy) is 3. The zero-order valence-corrected chi connectivity index (χ0v) is 17.3. The van der Waals surface area contributed by atoms with Crippen LogP contribution in [0.25, 0.3) is 11.3 Å². The van der Waals surface area contributed by atoms with Gasteiger partial charge in [0.05, 0.1) is 26.0 Å². The van der Waals surface area contributed by atoms with Crippen molar-refractivity contribution in [2.45, 2.75) is 0 Å². The Morgan fingerprint density at radius 2 is 1.84 bits per heavy atom. The largest absolute Gasteiger partial charge is 0.493 e. The number of methoxy groups -OCH3 is 1. The second kappa shape index (κ2) is 9.90. The molecule has 0 atom stereocenters. The van der Waals surface area contributed by atoms with Gasteiger partial charge in [-0.3, -0.25) is 4.79 Å². The number of para-hydroxylation sites is 2. The maximum atomic E-state index is 12.3. The molecule has 0 spiro atoms. The number of hydrogen-bond donors (Lipinski definition) is 1. The van der Waals surface area contributed by atoms with E-state index in [0.29, 0.717) is 30.4 Å². The lowest BCUT2D eigenvalue weighted by atomic mass is 10.1. The van der Waals surface area contributed by atoms with Crippen molar-refractivity contribution in [1.29, 1.82) is 0 Å². The van der Waals surface area contributed by atoms with Crippen LogP contribution in [0.4, 0.5) is 11.5 Å². The fourth-order valence-corrected chi connectivity index (χ4v) is 3.27. The summed E-state index contributed by atoms with van der Waals surface area (Å²) in [6.07, 6.45) is 0. The Kier molecular flexibility index (Phi) is 6.59. The van der Waals surface area contributed by atoms with E-state index in [1.165, 1.54) is 0 Å². The van der Waals surface area contributed by atoms with Crippen LogP contribution in [0, 0.1) is 0 Å². The van der Waals surface area contributed by atoms with Crippen molar-refractivity contribution in [1.82, 2.24) is 10.2 Å². The van der Waals surface area contributed by atoms with E-state index in [-0.39, 0.29) is 12.5 Å². The summed E-state index contributed by atoms with van der Waals surface area (Å²) in [6, 6.07) is 18.6. The number of nitrogens with zero attached hydrogens (tertiary/aromatic N) is 3. The average Bonchev–Trinajstić information content (AvgIpc) is 2.84. The Morgan fingerprint density at radius 3 is 2.58 bits per heavy atom. The summed E-state index contributed by atoms with van der Waals surface area (Å²) in [4.78, 5) is 14.5. The minimum Gasteiger partial charge on any atom is -0.493 e. The van der Waals surface area contributed by atoms with Crippen LogP contribution < -0.4 is 19.7 Å². The van der Waals surface area contributed by atoms with E-state index in [2.05, 4.69) is 20.4 Å². The van der Waals surface area contributed by atoms with Crippen LogP contribution in [0.3, 0.4) is 0 Å². The molecule has 160 valence electrons. The van der Waals surface area contributed by atoms with Gasteiger partial charge in [0.2, 0.25) is 0 Å². The lowest BCUT2D eigenvalue weighted by molar-refractivity contribution is -0.118. The van der Waals surface area contributed by atoms with Gasteiger partial charge in [0.15, 0.2) is 23.9 Å². The highest BCUT2D eigenvalue weighted by Crippen LogP contribution is 2.26. The third-order valence-corrected chi connectivity index (χ3v) is 4.86. The SMILES string of the molecule is COc1ccccc1OCC(=O)Nc1cccc(-c2ccc(N3CCOCC3)nn2)c1. The van der Waals surface area contributed by atoms with Gasteiger partial charge >= 0.3 is 0 Å². The molecule has 3 aromatic rings. The summed E-state index contributed by atoms with van der Waals surface area (Å²) >= 11 is 0. The molecule has 1 amide bonds. The molecule has 1 N–H and O–H groups in total. The minimum atomic E-state index is -0.267. The molecule has 4 rings (SSSR count). The first-order chi connectivity index (χ1) is 15.2. The monoisotopic (exact) mass is 420 g/mol. The molecule has 1 aromatic heterocycles. The summed E-state index contributed by atoms with van der Waals surface area (Å²) in [5, 5.41) is 11.6. The van der Waals surface area contributed by atoms with Gasteiger partial charge in [-0.05, 0) is 36.4 Å². The predicted molar refractivity (Wildman–Crippen MR) is 118 cm³/mol. The second-order valence-electron chi connectivity index (χ2n) is 6.94. The number of carbonyl (C=O) groups is 1. The van der Waals surface area contributed by atoms with Gasteiger partial charge in [-0.1, -0.05) is 24.3 Å². The molecule has 1 saturated heterocycles.